The minimum atomic E-state index is 0. The summed E-state index contributed by atoms with van der Waals surface area (Å²) in [7, 11) is 0. The molecule has 0 atom stereocenters. The summed E-state index contributed by atoms with van der Waals surface area (Å²) in [4.78, 5) is 0. The Bertz CT molecular complexity index is 259. The zero-order valence-corrected chi connectivity index (χ0v) is 10.9. The van der Waals surface area contributed by atoms with Gasteiger partial charge in [-0.15, -0.1) is 0 Å². The Labute approximate surface area is 144 Å². The van der Waals surface area contributed by atoms with Crippen molar-refractivity contribution in [2.24, 2.45) is 0 Å². The molecule has 0 aromatic heterocycles. The molecule has 85 valence electrons. The molecule has 0 N–H and O–H groups in total. The Hall–Kier alpha value is 0.856. The van der Waals surface area contributed by atoms with E-state index in [0.29, 0.717) is 17.8 Å². The van der Waals surface area contributed by atoms with Crippen LogP contribution in [0.3, 0.4) is 0 Å². The maximum absolute atomic E-state index is 3.54. The number of benzene rings is 1. The molecule has 0 bridgehead atoms. The van der Waals surface area contributed by atoms with Crippen molar-refractivity contribution in [3.8, 4) is 0 Å². The van der Waals surface area contributed by atoms with Crippen LogP contribution in [-0.4, -0.2) is 51.4 Å². The first-order valence-electron chi connectivity index (χ1n) is 5.98. The van der Waals surface area contributed by atoms with Crippen LogP contribution < -0.4 is 0 Å². The zero-order valence-electron chi connectivity index (χ0n) is 10.9. The van der Waals surface area contributed by atoms with Gasteiger partial charge in [-0.2, -0.15) is 0 Å². The van der Waals surface area contributed by atoms with Gasteiger partial charge >= 0.3 is 51.4 Å². The van der Waals surface area contributed by atoms with E-state index in [1.807, 2.05) is 0 Å². The standard InChI is InChI=1S/C15H23.K.H/c1-10(2)13-7-14(11(3)4)9-15(8-13)12(5)6;;/h7-8,10-12H,1-6H3;;. The third kappa shape index (κ3) is 4.62. The topological polar surface area (TPSA) is 0 Å². The summed E-state index contributed by atoms with van der Waals surface area (Å²) in [5, 5.41) is 0. The molecule has 1 aromatic carbocycles. The van der Waals surface area contributed by atoms with Crippen molar-refractivity contribution in [1.29, 1.82) is 0 Å². The fraction of sp³-hybridized carbons (Fsp3) is 0.600. The first kappa shape index (κ1) is 16.9. The van der Waals surface area contributed by atoms with E-state index in [1.54, 1.807) is 0 Å². The molecular formula is C15H24K. The van der Waals surface area contributed by atoms with Crippen molar-refractivity contribution < 1.29 is 0 Å². The molecule has 0 aliphatic carbocycles. The van der Waals surface area contributed by atoms with Gasteiger partial charge in [0, 0.05) is 0 Å². The fourth-order valence-electron chi connectivity index (χ4n) is 1.59. The van der Waals surface area contributed by atoms with E-state index < -0.39 is 0 Å². The fourth-order valence-corrected chi connectivity index (χ4v) is 1.59. The molecule has 1 radical (unpaired) electrons. The van der Waals surface area contributed by atoms with Crippen LogP contribution >= 0.6 is 0 Å². The van der Waals surface area contributed by atoms with E-state index in [4.69, 9.17) is 0 Å². The Morgan fingerprint density at radius 2 is 1.12 bits per heavy atom. The molecule has 0 spiro atoms. The van der Waals surface area contributed by atoms with E-state index in [0.717, 1.165) is 0 Å². The summed E-state index contributed by atoms with van der Waals surface area (Å²) in [5.41, 5.74) is 4.15. The van der Waals surface area contributed by atoms with Crippen LogP contribution in [0.1, 0.15) is 76.0 Å². The first-order chi connectivity index (χ1) is 6.91. The molecule has 1 heteroatoms. The molecule has 1 aromatic rings. The second-order valence-electron chi connectivity index (χ2n) is 5.29. The minimum absolute atomic E-state index is 0. The van der Waals surface area contributed by atoms with Gasteiger partial charge in [0.2, 0.25) is 0 Å². The summed E-state index contributed by atoms with van der Waals surface area (Å²) in [5.74, 6) is 1.75. The first-order valence-corrected chi connectivity index (χ1v) is 5.98. The monoisotopic (exact) mass is 243 g/mol. The molecule has 0 aliphatic rings. The van der Waals surface area contributed by atoms with Gasteiger partial charge in [0.1, 0.15) is 0 Å². The van der Waals surface area contributed by atoms with Crippen molar-refractivity contribution in [2.45, 2.75) is 59.3 Å². The molecule has 1 rings (SSSR count). The molecule has 0 fully saturated rings. The predicted molar refractivity (Wildman–Crippen MR) is 74.7 cm³/mol. The second kappa shape index (κ2) is 7.33. The molecular weight excluding hydrogens is 219 g/mol. The van der Waals surface area contributed by atoms with Gasteiger partial charge in [0.15, 0.2) is 0 Å². The van der Waals surface area contributed by atoms with Crippen LogP contribution in [0.5, 0.6) is 0 Å². The van der Waals surface area contributed by atoms with Gasteiger partial charge in [-0.05, 0) is 40.5 Å². The van der Waals surface area contributed by atoms with Crippen molar-refractivity contribution >= 4 is 51.4 Å². The third-order valence-corrected chi connectivity index (χ3v) is 2.84. The molecule has 0 saturated carbocycles. The average Bonchev–Trinajstić information content (AvgIpc) is 2.16. The zero-order chi connectivity index (χ0) is 11.6. The normalized spacial score (nSPS) is 11.1. The maximum atomic E-state index is 3.54. The summed E-state index contributed by atoms with van der Waals surface area (Å²) < 4.78 is 0. The molecule has 0 nitrogen and oxygen atoms in total. The molecule has 16 heavy (non-hydrogen) atoms. The molecule has 0 heterocycles. The number of hydrogen-bond acceptors (Lipinski definition) is 0. The van der Waals surface area contributed by atoms with Gasteiger partial charge in [0.25, 0.3) is 0 Å². The summed E-state index contributed by atoms with van der Waals surface area (Å²) in [6.45, 7) is 13.5. The van der Waals surface area contributed by atoms with E-state index in [-0.39, 0.29) is 51.4 Å². The van der Waals surface area contributed by atoms with E-state index in [9.17, 15) is 0 Å². The number of rotatable bonds is 3. The van der Waals surface area contributed by atoms with Gasteiger partial charge in [-0.3, -0.25) is 0 Å². The summed E-state index contributed by atoms with van der Waals surface area (Å²) in [6, 6.07) is 8.15. The van der Waals surface area contributed by atoms with Crippen molar-refractivity contribution in [3.63, 3.8) is 0 Å². The van der Waals surface area contributed by atoms with Gasteiger partial charge < -0.3 is 0 Å². The van der Waals surface area contributed by atoms with Crippen molar-refractivity contribution in [3.05, 3.63) is 34.9 Å². The Kier molecular flexibility index (Phi) is 7.72. The Balaban J connectivity index is 0.00000225. The molecule has 0 amide bonds. The van der Waals surface area contributed by atoms with Gasteiger partial charge in [-0.1, -0.05) is 53.7 Å². The predicted octanol–water partition coefficient (Wildman–Crippen LogP) is 4.21. The van der Waals surface area contributed by atoms with Gasteiger partial charge in [0.05, 0.1) is 0 Å². The Morgan fingerprint density at radius 3 is 1.38 bits per heavy atom. The average molecular weight is 243 g/mol. The summed E-state index contributed by atoms with van der Waals surface area (Å²) in [6.07, 6.45) is 0. The van der Waals surface area contributed by atoms with E-state index in [2.05, 4.69) is 59.7 Å². The van der Waals surface area contributed by atoms with Crippen LogP contribution in [0.2, 0.25) is 0 Å². The molecule has 0 unspecified atom stereocenters. The molecule has 0 saturated heterocycles. The van der Waals surface area contributed by atoms with Crippen LogP contribution in [-0.2, 0) is 0 Å². The van der Waals surface area contributed by atoms with Crippen LogP contribution in [0.25, 0.3) is 0 Å². The van der Waals surface area contributed by atoms with E-state index >= 15 is 0 Å². The van der Waals surface area contributed by atoms with Crippen LogP contribution in [0, 0.1) is 6.07 Å². The van der Waals surface area contributed by atoms with Crippen molar-refractivity contribution in [1.82, 2.24) is 0 Å². The van der Waals surface area contributed by atoms with Gasteiger partial charge in [-0.25, -0.2) is 0 Å². The molecule has 0 aliphatic heterocycles. The number of hydrogen-bond donors (Lipinski definition) is 0. The van der Waals surface area contributed by atoms with Crippen molar-refractivity contribution in [2.75, 3.05) is 0 Å². The van der Waals surface area contributed by atoms with E-state index in [1.165, 1.54) is 16.7 Å². The van der Waals surface area contributed by atoms with Crippen LogP contribution in [0.15, 0.2) is 12.1 Å². The Morgan fingerprint density at radius 1 is 0.750 bits per heavy atom. The SMILES string of the molecule is CC(C)c1[c]c(C(C)C)cc(C(C)C)c1.[KH]. The third-order valence-electron chi connectivity index (χ3n) is 2.84. The quantitative estimate of drug-likeness (QED) is 0.698. The van der Waals surface area contributed by atoms with Crippen LogP contribution in [0.4, 0.5) is 0 Å². The second-order valence-corrected chi connectivity index (χ2v) is 5.29. The summed E-state index contributed by atoms with van der Waals surface area (Å²) >= 11 is 0.